The molecule has 6 nitrogen and oxygen atoms in total. The first kappa shape index (κ1) is 20.2. The van der Waals surface area contributed by atoms with Gasteiger partial charge in [-0.1, -0.05) is 35.9 Å². The van der Waals surface area contributed by atoms with Gasteiger partial charge in [0.05, 0.1) is 10.5 Å². The third kappa shape index (κ3) is 4.30. The number of nitrogens with one attached hydrogen (secondary N) is 1. The molecule has 29 heavy (non-hydrogen) atoms. The lowest BCUT2D eigenvalue weighted by molar-refractivity contribution is -0.384. The van der Waals surface area contributed by atoms with Crippen LogP contribution in [0.3, 0.4) is 0 Å². The summed E-state index contributed by atoms with van der Waals surface area (Å²) in [6, 6.07) is 13.7. The first-order valence-electron chi connectivity index (χ1n) is 8.43. The Labute approximate surface area is 170 Å². The van der Waals surface area contributed by atoms with Crippen LogP contribution in [-0.2, 0) is 0 Å². The highest BCUT2D eigenvalue weighted by Gasteiger charge is 2.22. The molecule has 0 unspecified atom stereocenters. The van der Waals surface area contributed by atoms with E-state index in [0.717, 1.165) is 6.07 Å². The van der Waals surface area contributed by atoms with Gasteiger partial charge >= 0.3 is 0 Å². The maximum atomic E-state index is 13.5. The second kappa shape index (κ2) is 8.20. The van der Waals surface area contributed by atoms with Gasteiger partial charge in [-0.05, 0) is 42.8 Å². The van der Waals surface area contributed by atoms with Crippen LogP contribution >= 0.6 is 11.6 Å². The van der Waals surface area contributed by atoms with E-state index in [1.807, 2.05) is 0 Å². The lowest BCUT2D eigenvalue weighted by Gasteiger charge is -2.11. The highest BCUT2D eigenvalue weighted by atomic mass is 35.5. The molecule has 0 heterocycles. The maximum Gasteiger partial charge on any atom is 0.288 e. The summed E-state index contributed by atoms with van der Waals surface area (Å²) in [4.78, 5) is 36.1. The van der Waals surface area contributed by atoms with Gasteiger partial charge in [0, 0.05) is 22.9 Å². The predicted molar refractivity (Wildman–Crippen MR) is 107 cm³/mol. The van der Waals surface area contributed by atoms with E-state index < -0.39 is 28.1 Å². The highest BCUT2D eigenvalue weighted by molar-refractivity contribution is 6.33. The summed E-state index contributed by atoms with van der Waals surface area (Å²) in [5, 5.41) is 13.6. The highest BCUT2D eigenvalue weighted by Crippen LogP contribution is 2.27. The zero-order valence-corrected chi connectivity index (χ0v) is 15.9. The van der Waals surface area contributed by atoms with E-state index in [1.165, 1.54) is 42.5 Å². The van der Waals surface area contributed by atoms with Gasteiger partial charge in [-0.15, -0.1) is 0 Å². The minimum atomic E-state index is -0.690. The van der Waals surface area contributed by atoms with Crippen molar-refractivity contribution < 1.29 is 18.9 Å². The molecule has 0 spiro atoms. The summed E-state index contributed by atoms with van der Waals surface area (Å²) in [6.45, 7) is 1.71. The van der Waals surface area contributed by atoms with E-state index in [4.69, 9.17) is 11.6 Å². The van der Waals surface area contributed by atoms with Gasteiger partial charge in [0.1, 0.15) is 10.8 Å². The Morgan fingerprint density at radius 2 is 1.72 bits per heavy atom. The fourth-order valence-electron chi connectivity index (χ4n) is 2.75. The standard InChI is InChI=1S/C21H14ClFN2O4/c1-12-6-8-14(23)11-18(12)24-21(27)16-5-3-2-4-15(16)20(26)13-7-9-17(22)19(10-13)25(28)29/h2-11H,1H3,(H,24,27). The van der Waals surface area contributed by atoms with Crippen LogP contribution in [-0.4, -0.2) is 16.6 Å². The zero-order valence-electron chi connectivity index (χ0n) is 15.1. The minimum absolute atomic E-state index is 0.0169. The number of anilines is 1. The lowest BCUT2D eigenvalue weighted by Crippen LogP contribution is -2.17. The van der Waals surface area contributed by atoms with E-state index in [-0.39, 0.29) is 27.4 Å². The number of nitro groups is 1. The van der Waals surface area contributed by atoms with Crippen molar-refractivity contribution in [3.63, 3.8) is 0 Å². The van der Waals surface area contributed by atoms with Crippen molar-refractivity contribution in [2.75, 3.05) is 5.32 Å². The van der Waals surface area contributed by atoms with Crippen molar-refractivity contribution in [1.82, 2.24) is 0 Å². The zero-order chi connectivity index (χ0) is 21.1. The summed E-state index contributed by atoms with van der Waals surface area (Å²) in [5.41, 5.74) is 0.642. The van der Waals surface area contributed by atoms with Gasteiger partial charge in [0.25, 0.3) is 11.6 Å². The topological polar surface area (TPSA) is 89.3 Å². The van der Waals surface area contributed by atoms with E-state index in [1.54, 1.807) is 19.1 Å². The maximum absolute atomic E-state index is 13.5. The van der Waals surface area contributed by atoms with Crippen LogP contribution < -0.4 is 5.32 Å². The second-order valence-corrected chi connectivity index (χ2v) is 6.62. The molecule has 0 aliphatic rings. The number of hydrogen-bond acceptors (Lipinski definition) is 4. The molecule has 8 heteroatoms. The number of nitro benzene ring substituents is 1. The molecule has 0 saturated heterocycles. The smallest absolute Gasteiger partial charge is 0.288 e. The molecule has 3 aromatic carbocycles. The molecule has 146 valence electrons. The average Bonchev–Trinajstić information content (AvgIpc) is 2.70. The quantitative estimate of drug-likeness (QED) is 0.355. The molecule has 0 bridgehead atoms. The molecule has 0 aromatic heterocycles. The van der Waals surface area contributed by atoms with Crippen molar-refractivity contribution in [2.24, 2.45) is 0 Å². The van der Waals surface area contributed by atoms with E-state index >= 15 is 0 Å². The van der Waals surface area contributed by atoms with Crippen molar-refractivity contribution >= 4 is 34.7 Å². The number of halogens is 2. The number of hydrogen-bond donors (Lipinski definition) is 1. The first-order valence-corrected chi connectivity index (χ1v) is 8.81. The molecule has 3 aromatic rings. The van der Waals surface area contributed by atoms with Crippen LogP contribution in [0.2, 0.25) is 5.02 Å². The second-order valence-electron chi connectivity index (χ2n) is 6.21. The average molecular weight is 413 g/mol. The Bertz CT molecular complexity index is 1150. The van der Waals surface area contributed by atoms with E-state index in [0.29, 0.717) is 5.56 Å². The molecule has 0 aliphatic heterocycles. The van der Waals surface area contributed by atoms with Crippen LogP contribution in [0, 0.1) is 22.9 Å². The van der Waals surface area contributed by atoms with Gasteiger partial charge in [-0.3, -0.25) is 19.7 Å². The Kier molecular flexibility index (Phi) is 5.70. The molecule has 1 N–H and O–H groups in total. The fraction of sp³-hybridized carbons (Fsp3) is 0.0476. The molecule has 0 radical (unpaired) electrons. The molecular weight excluding hydrogens is 399 g/mol. The molecular formula is C21H14ClFN2O4. The SMILES string of the molecule is Cc1ccc(F)cc1NC(=O)c1ccccc1C(=O)c1ccc(Cl)c([N+](=O)[O-])c1. The summed E-state index contributed by atoms with van der Waals surface area (Å²) in [5.74, 6) is -1.69. The van der Waals surface area contributed by atoms with Gasteiger partial charge in [0.15, 0.2) is 5.78 Å². The summed E-state index contributed by atoms with van der Waals surface area (Å²) >= 11 is 5.79. The number of carbonyl (C=O) groups is 2. The van der Waals surface area contributed by atoms with Crippen molar-refractivity contribution in [2.45, 2.75) is 6.92 Å². The van der Waals surface area contributed by atoms with Crippen LogP contribution in [0.5, 0.6) is 0 Å². The molecule has 0 fully saturated rings. The van der Waals surface area contributed by atoms with Crippen LogP contribution in [0.25, 0.3) is 0 Å². The lowest BCUT2D eigenvalue weighted by atomic mass is 9.97. The number of aryl methyl sites for hydroxylation is 1. The fourth-order valence-corrected chi connectivity index (χ4v) is 2.93. The Morgan fingerprint density at radius 1 is 1.03 bits per heavy atom. The molecule has 0 saturated carbocycles. The van der Waals surface area contributed by atoms with Gasteiger partial charge < -0.3 is 5.32 Å². The van der Waals surface area contributed by atoms with Gasteiger partial charge in [-0.2, -0.15) is 0 Å². The Morgan fingerprint density at radius 3 is 2.41 bits per heavy atom. The van der Waals surface area contributed by atoms with Gasteiger partial charge in [0.2, 0.25) is 0 Å². The summed E-state index contributed by atoms with van der Waals surface area (Å²) < 4.78 is 13.5. The normalized spacial score (nSPS) is 10.4. The predicted octanol–water partition coefficient (Wildman–Crippen LogP) is 5.18. The van der Waals surface area contributed by atoms with Crippen LogP contribution in [0.4, 0.5) is 15.8 Å². The van der Waals surface area contributed by atoms with Crippen LogP contribution in [0.15, 0.2) is 60.7 Å². The minimum Gasteiger partial charge on any atom is -0.322 e. The molecule has 0 atom stereocenters. The molecule has 3 rings (SSSR count). The number of benzene rings is 3. The molecule has 0 aliphatic carbocycles. The third-order valence-electron chi connectivity index (χ3n) is 4.27. The van der Waals surface area contributed by atoms with Crippen LogP contribution in [0.1, 0.15) is 31.8 Å². The molecule has 1 amide bonds. The monoisotopic (exact) mass is 412 g/mol. The van der Waals surface area contributed by atoms with Crippen molar-refractivity contribution in [3.8, 4) is 0 Å². The summed E-state index contributed by atoms with van der Waals surface area (Å²) in [7, 11) is 0. The van der Waals surface area contributed by atoms with Gasteiger partial charge in [-0.25, -0.2) is 4.39 Å². The third-order valence-corrected chi connectivity index (χ3v) is 4.59. The Hall–Kier alpha value is -3.58. The van der Waals surface area contributed by atoms with Crippen molar-refractivity contribution in [1.29, 1.82) is 0 Å². The number of amides is 1. The number of nitrogens with zero attached hydrogens (tertiary/aromatic N) is 1. The summed E-state index contributed by atoms with van der Waals surface area (Å²) in [6.07, 6.45) is 0. The number of rotatable bonds is 5. The first-order chi connectivity index (χ1) is 13.8. The number of ketones is 1. The van der Waals surface area contributed by atoms with E-state index in [9.17, 15) is 24.1 Å². The Balaban J connectivity index is 1.97. The van der Waals surface area contributed by atoms with Crippen molar-refractivity contribution in [3.05, 3.63) is 104 Å². The number of carbonyl (C=O) groups excluding carboxylic acids is 2. The van der Waals surface area contributed by atoms with E-state index in [2.05, 4.69) is 5.32 Å². The largest absolute Gasteiger partial charge is 0.322 e.